The van der Waals surface area contributed by atoms with E-state index in [-0.39, 0.29) is 0 Å². The van der Waals surface area contributed by atoms with Gasteiger partial charge in [-0.05, 0) is 6.92 Å². The zero-order chi connectivity index (χ0) is 5.28. The molecule has 0 saturated heterocycles. The molecule has 7 heavy (non-hydrogen) atoms. The first-order chi connectivity index (χ1) is 3.29. The summed E-state index contributed by atoms with van der Waals surface area (Å²) in [5, 5.41) is 0. The molecule has 1 aliphatic heterocycles. The number of hydrogen-bond acceptors (Lipinski definition) is 1. The summed E-state index contributed by atoms with van der Waals surface area (Å²) in [6.45, 7) is 4.03. The number of rotatable bonds is 0. The molecule has 0 spiro atoms. The van der Waals surface area contributed by atoms with Gasteiger partial charge >= 0.3 is 7.41 Å². The maximum absolute atomic E-state index is 4.02. The molecule has 1 aliphatic rings. The number of hydrogen-bond donors (Lipinski definition) is 0. The van der Waals surface area contributed by atoms with Crippen LogP contribution >= 0.6 is 0 Å². The summed E-state index contributed by atoms with van der Waals surface area (Å²) in [7, 11) is 1.87. The van der Waals surface area contributed by atoms with Crippen LogP contribution in [0.25, 0.3) is 0 Å². The van der Waals surface area contributed by atoms with Gasteiger partial charge in [-0.25, -0.2) is 0 Å². The first kappa shape index (κ1) is 4.63. The van der Waals surface area contributed by atoms with Crippen LogP contribution < -0.4 is 0 Å². The van der Waals surface area contributed by atoms with E-state index in [0.29, 0.717) is 0 Å². The zero-order valence-electron chi connectivity index (χ0n) is 4.60. The third-order valence-corrected chi connectivity index (χ3v) is 0.908. The van der Waals surface area contributed by atoms with Gasteiger partial charge in [0.25, 0.3) is 0 Å². The third-order valence-electron chi connectivity index (χ3n) is 0.908. The second-order valence-corrected chi connectivity index (χ2v) is 1.79. The molecule has 0 amide bonds. The molecule has 0 aromatic heterocycles. The first-order valence-electron chi connectivity index (χ1n) is 2.35. The molecule has 0 unspecified atom stereocenters. The molecule has 0 saturated carbocycles. The monoisotopic (exact) mass is 92.1 g/mol. The molecule has 0 N–H and O–H groups in total. The normalized spacial score (nSPS) is 18.0. The summed E-state index contributed by atoms with van der Waals surface area (Å²) in [6.07, 6.45) is 2.06. The molecular weight excluding hydrogens is 84.9 g/mol. The van der Waals surface area contributed by atoms with Crippen LogP contribution in [0.5, 0.6) is 0 Å². The molecule has 1 heterocycles. The van der Waals surface area contributed by atoms with Crippen LogP contribution in [0.3, 0.4) is 0 Å². The van der Waals surface area contributed by atoms with Crippen molar-refractivity contribution in [3.05, 3.63) is 11.5 Å². The van der Waals surface area contributed by atoms with Crippen molar-refractivity contribution in [2.75, 3.05) is 0 Å². The minimum Gasteiger partial charge on any atom is -0.346 e. The van der Waals surface area contributed by atoms with Crippen molar-refractivity contribution in [1.82, 2.24) is 0 Å². The second kappa shape index (κ2) is 1.53. The maximum atomic E-state index is 4.02. The Kier molecular flexibility index (Phi) is 1.01. The fraction of sp³-hybridized carbons (Fsp3) is 0.400. The largest absolute Gasteiger partial charge is 0.346 e. The van der Waals surface area contributed by atoms with Crippen LogP contribution in [-0.2, 0) is 0 Å². The fourth-order valence-electron chi connectivity index (χ4n) is 0.608. The highest BCUT2D eigenvalue weighted by Gasteiger charge is 1.98. The summed E-state index contributed by atoms with van der Waals surface area (Å²) in [6, 6.07) is 0. The van der Waals surface area contributed by atoms with E-state index in [9.17, 15) is 0 Å². The van der Waals surface area contributed by atoms with Crippen LogP contribution in [0.4, 0.5) is 0 Å². The van der Waals surface area contributed by atoms with Gasteiger partial charge in [0, 0.05) is 5.71 Å². The minimum absolute atomic E-state index is 1.11. The van der Waals surface area contributed by atoms with Crippen molar-refractivity contribution in [2.45, 2.75) is 13.8 Å². The van der Waals surface area contributed by atoms with Gasteiger partial charge in [0.15, 0.2) is 0 Å². The lowest BCUT2D eigenvalue weighted by Gasteiger charge is -1.75. The topological polar surface area (TPSA) is 12.4 Å². The smallest absolute Gasteiger partial charge is 0.307 e. The summed E-state index contributed by atoms with van der Waals surface area (Å²) >= 11 is 0. The summed E-state index contributed by atoms with van der Waals surface area (Å²) < 4.78 is 0. The van der Waals surface area contributed by atoms with E-state index in [0.717, 1.165) is 5.71 Å². The Morgan fingerprint density at radius 2 is 2.29 bits per heavy atom. The van der Waals surface area contributed by atoms with Gasteiger partial charge in [-0.15, -0.1) is 0 Å². The highest BCUT2D eigenvalue weighted by molar-refractivity contribution is 6.49. The van der Waals surface area contributed by atoms with E-state index in [2.05, 4.69) is 11.0 Å². The van der Waals surface area contributed by atoms with Gasteiger partial charge in [-0.3, -0.25) is 0 Å². The van der Waals surface area contributed by atoms with Crippen LogP contribution in [-0.4, -0.2) is 13.1 Å². The molecule has 2 heteroatoms. The number of allylic oxidation sites excluding steroid dienone is 2. The molecule has 1 nitrogen and oxygen atoms in total. The van der Waals surface area contributed by atoms with E-state index < -0.39 is 0 Å². The van der Waals surface area contributed by atoms with Crippen molar-refractivity contribution in [3.63, 3.8) is 0 Å². The SMILES string of the molecule is CC1=CC(C)=N[B]1. The molecule has 0 aliphatic carbocycles. The van der Waals surface area contributed by atoms with Gasteiger partial charge < -0.3 is 4.90 Å². The van der Waals surface area contributed by atoms with E-state index >= 15 is 0 Å². The maximum Gasteiger partial charge on any atom is 0.307 e. The van der Waals surface area contributed by atoms with Crippen molar-refractivity contribution in [1.29, 1.82) is 0 Å². The Bertz CT molecular complexity index is 135. The predicted molar refractivity (Wildman–Crippen MR) is 32.6 cm³/mol. The van der Waals surface area contributed by atoms with Crippen molar-refractivity contribution >= 4 is 13.1 Å². The zero-order valence-corrected chi connectivity index (χ0v) is 4.60. The lowest BCUT2D eigenvalue weighted by Crippen LogP contribution is -1.78. The van der Waals surface area contributed by atoms with Gasteiger partial charge in [0.1, 0.15) is 0 Å². The predicted octanol–water partition coefficient (Wildman–Crippen LogP) is 0.984. The lowest BCUT2D eigenvalue weighted by atomic mass is 9.87. The highest BCUT2D eigenvalue weighted by atomic mass is 14.6. The average Bonchev–Trinajstić information content (AvgIpc) is 1.87. The van der Waals surface area contributed by atoms with Gasteiger partial charge in [-0.2, -0.15) is 0 Å². The van der Waals surface area contributed by atoms with Crippen LogP contribution in [0.15, 0.2) is 16.5 Å². The second-order valence-electron chi connectivity index (χ2n) is 1.79. The summed E-state index contributed by atoms with van der Waals surface area (Å²) in [5.74, 6) is 0. The summed E-state index contributed by atoms with van der Waals surface area (Å²) in [4.78, 5) is 4.02. The molecule has 0 fully saturated rings. The minimum atomic E-state index is 1.11. The molecule has 1 rings (SSSR count). The summed E-state index contributed by atoms with van der Waals surface area (Å²) in [5.41, 5.74) is 2.36. The third kappa shape index (κ3) is 0.920. The van der Waals surface area contributed by atoms with E-state index in [1.807, 2.05) is 21.3 Å². The van der Waals surface area contributed by atoms with Gasteiger partial charge in [0.2, 0.25) is 0 Å². The van der Waals surface area contributed by atoms with Crippen molar-refractivity contribution < 1.29 is 0 Å². The van der Waals surface area contributed by atoms with Gasteiger partial charge in [0.05, 0.1) is 0 Å². The van der Waals surface area contributed by atoms with E-state index in [4.69, 9.17) is 0 Å². The Hall–Kier alpha value is -0.525. The van der Waals surface area contributed by atoms with Gasteiger partial charge in [-0.1, -0.05) is 18.5 Å². The van der Waals surface area contributed by atoms with Crippen molar-refractivity contribution in [2.24, 2.45) is 4.90 Å². The van der Waals surface area contributed by atoms with Crippen molar-refractivity contribution in [3.8, 4) is 0 Å². The Morgan fingerprint density at radius 3 is 2.43 bits per heavy atom. The van der Waals surface area contributed by atoms with E-state index in [1.54, 1.807) is 0 Å². The van der Waals surface area contributed by atoms with Crippen LogP contribution in [0.1, 0.15) is 13.8 Å². The highest BCUT2D eigenvalue weighted by Crippen LogP contribution is 1.98. The molecule has 0 bridgehead atoms. The van der Waals surface area contributed by atoms with E-state index in [1.165, 1.54) is 5.47 Å². The standard InChI is InChI=1S/C5H7BN/c1-4-3-5(2)7-6-4/h3H,1-2H3. The van der Waals surface area contributed by atoms with Crippen LogP contribution in [0.2, 0.25) is 0 Å². The fourth-order valence-corrected chi connectivity index (χ4v) is 0.608. The molecule has 0 atom stereocenters. The quantitative estimate of drug-likeness (QED) is 0.395. The first-order valence-corrected chi connectivity index (χ1v) is 2.35. The lowest BCUT2D eigenvalue weighted by molar-refractivity contribution is 1.67. The Balaban J connectivity index is 2.69. The number of nitrogens with zero attached hydrogens (tertiary/aromatic N) is 1. The molecular formula is C5H7BN. The average molecular weight is 91.9 g/mol. The molecule has 0 aromatic carbocycles. The van der Waals surface area contributed by atoms with Crippen LogP contribution in [0, 0.1) is 0 Å². The molecule has 35 valence electrons. The Morgan fingerprint density at radius 1 is 1.57 bits per heavy atom. The molecule has 0 aromatic rings. The molecule has 1 radical (unpaired) electrons. The Labute approximate surface area is 44.4 Å².